The van der Waals surface area contributed by atoms with Crippen LogP contribution in [0.2, 0.25) is 0 Å². The third-order valence-electron chi connectivity index (χ3n) is 21.5. The van der Waals surface area contributed by atoms with Crippen LogP contribution in [0.4, 0.5) is 0 Å². The summed E-state index contributed by atoms with van der Waals surface area (Å²) in [5, 5.41) is 19.3. The molecule has 0 atom stereocenters. The van der Waals surface area contributed by atoms with E-state index in [2.05, 4.69) is 414 Å². The van der Waals surface area contributed by atoms with Crippen molar-refractivity contribution in [2.75, 3.05) is 0 Å². The topological polar surface area (TPSA) is 46.5 Å². The number of fused-ring (bicyclic) bond motifs is 18. The number of hydrogen-bond acceptors (Lipinski definition) is 2. The van der Waals surface area contributed by atoms with E-state index in [-0.39, 0.29) is 0 Å². The van der Waals surface area contributed by atoms with Crippen LogP contribution < -0.4 is 0 Å². The number of benzene rings is 18. The molecule has 0 aliphatic heterocycles. The summed E-state index contributed by atoms with van der Waals surface area (Å²) >= 11 is 3.57. The van der Waals surface area contributed by atoms with E-state index in [0.29, 0.717) is 0 Å². The van der Waals surface area contributed by atoms with Gasteiger partial charge in [0.25, 0.3) is 0 Å². The maximum atomic E-state index is 5.40. The molecule has 5 heteroatoms. The van der Waals surface area contributed by atoms with Crippen LogP contribution in [0.1, 0.15) is 0 Å². The smallest absolute Gasteiger partial charge is 0.0794 e. The van der Waals surface area contributed by atoms with Crippen LogP contribution in [0.3, 0.4) is 0 Å². The molecule has 4 aromatic heterocycles. The second kappa shape index (κ2) is 26.6. The summed E-state index contributed by atoms with van der Waals surface area (Å²) in [5.41, 5.74) is 24.8. The quantitative estimate of drug-likeness (QED) is 0.128. The van der Waals surface area contributed by atoms with Crippen molar-refractivity contribution >= 4 is 146 Å². The first-order valence-corrected chi connectivity index (χ1v) is 37.2. The molecule has 18 aromatic carbocycles. The molecule has 4 nitrogen and oxygen atoms in total. The first-order chi connectivity index (χ1) is 53.0. The zero-order chi connectivity index (χ0) is 70.9. The standard InChI is InChI=1S/C51H32N2.C27H16BrN.C24H17N/c1-3-11-33(12-4-1)38-23-29-47-45(31-38)46-32-39(34-13-5-2-6-14-34)24-30-48(46)53(47)40-25-19-37(20-26-40)49-43-27-21-35-15-7-9-17-41(35)50(43)52-51-42-18-10-8-16-36(42)22-28-44(49)51;28-20-13-9-19(10-14-20)25-23-15-11-17-5-1-3-7-21(17)26(23)29-27-22-8-4-2-6-18(22)12-16-24(25)27;1-3-7-17(8-4-1)19-11-13-23-21(15-19)22-16-20(12-14-24(22)25-23)18-9-5-2-6-10-18/h1-32H;1-16H;1-16,25H. The normalized spacial score (nSPS) is 11.6. The highest BCUT2D eigenvalue weighted by Crippen LogP contribution is 2.45. The van der Waals surface area contributed by atoms with Gasteiger partial charge in [0.1, 0.15) is 0 Å². The number of aromatic nitrogens is 4. The minimum absolute atomic E-state index is 1.04. The molecule has 0 unspecified atom stereocenters. The van der Waals surface area contributed by atoms with Crippen molar-refractivity contribution in [2.45, 2.75) is 0 Å². The minimum atomic E-state index is 1.04. The maximum Gasteiger partial charge on any atom is 0.0794 e. The zero-order valence-electron chi connectivity index (χ0n) is 58.2. The fourth-order valence-electron chi connectivity index (χ4n) is 16.3. The summed E-state index contributed by atoms with van der Waals surface area (Å²) in [5.74, 6) is 0. The predicted octanol–water partition coefficient (Wildman–Crippen LogP) is 28.6. The monoisotopic (exact) mass is 1420 g/mol. The summed E-state index contributed by atoms with van der Waals surface area (Å²) in [4.78, 5) is 14.2. The number of rotatable bonds is 7. The Bertz CT molecular complexity index is 6830. The second-order valence-corrected chi connectivity index (χ2v) is 28.6. The minimum Gasteiger partial charge on any atom is -0.355 e. The second-order valence-electron chi connectivity index (χ2n) is 27.7. The van der Waals surface area contributed by atoms with Crippen molar-refractivity contribution < 1.29 is 0 Å². The lowest BCUT2D eigenvalue weighted by atomic mass is 9.92. The van der Waals surface area contributed by atoms with Gasteiger partial charge in [0.2, 0.25) is 0 Å². The third-order valence-corrected chi connectivity index (χ3v) is 22.0. The van der Waals surface area contributed by atoms with Gasteiger partial charge >= 0.3 is 0 Å². The van der Waals surface area contributed by atoms with Crippen LogP contribution in [-0.2, 0) is 0 Å². The zero-order valence-corrected chi connectivity index (χ0v) is 59.8. The Hall–Kier alpha value is -13.6. The molecule has 0 amide bonds. The van der Waals surface area contributed by atoms with E-state index in [1.54, 1.807) is 0 Å². The van der Waals surface area contributed by atoms with E-state index in [9.17, 15) is 0 Å². The highest BCUT2D eigenvalue weighted by molar-refractivity contribution is 9.10. The van der Waals surface area contributed by atoms with E-state index < -0.39 is 0 Å². The van der Waals surface area contributed by atoms with Crippen LogP contribution in [0.25, 0.3) is 203 Å². The summed E-state index contributed by atoms with van der Waals surface area (Å²) in [6.45, 7) is 0. The molecule has 22 rings (SSSR count). The van der Waals surface area contributed by atoms with E-state index in [1.807, 2.05) is 0 Å². The molecule has 4 heterocycles. The van der Waals surface area contributed by atoms with Gasteiger partial charge in [-0.1, -0.05) is 331 Å². The molecule has 107 heavy (non-hydrogen) atoms. The Kier molecular flexibility index (Phi) is 15.7. The van der Waals surface area contributed by atoms with Gasteiger partial charge in [0.15, 0.2) is 0 Å². The van der Waals surface area contributed by atoms with Gasteiger partial charge in [-0.2, -0.15) is 0 Å². The van der Waals surface area contributed by atoms with Crippen LogP contribution in [-0.4, -0.2) is 19.5 Å². The lowest BCUT2D eigenvalue weighted by molar-refractivity contribution is 1.18. The first kappa shape index (κ1) is 63.1. The number of pyridine rings is 2. The van der Waals surface area contributed by atoms with Gasteiger partial charge in [0, 0.05) is 97.0 Å². The van der Waals surface area contributed by atoms with Gasteiger partial charge < -0.3 is 9.55 Å². The average Bonchev–Trinajstić information content (AvgIpc) is 1.40. The number of nitrogens with zero attached hydrogens (tertiary/aromatic N) is 3. The predicted molar refractivity (Wildman–Crippen MR) is 459 cm³/mol. The molecule has 0 bridgehead atoms. The lowest BCUT2D eigenvalue weighted by Gasteiger charge is -2.15. The van der Waals surface area contributed by atoms with Crippen molar-refractivity contribution in [1.29, 1.82) is 0 Å². The number of hydrogen-bond donors (Lipinski definition) is 1. The van der Waals surface area contributed by atoms with E-state index in [1.165, 1.54) is 164 Å². The van der Waals surface area contributed by atoms with Gasteiger partial charge in [-0.3, -0.25) is 0 Å². The molecule has 0 aliphatic rings. The summed E-state index contributed by atoms with van der Waals surface area (Å²) < 4.78 is 3.50. The third kappa shape index (κ3) is 11.3. The lowest BCUT2D eigenvalue weighted by Crippen LogP contribution is -1.95. The highest BCUT2D eigenvalue weighted by atomic mass is 79.9. The average molecular weight is 1430 g/mol. The Morgan fingerprint density at radius 2 is 0.486 bits per heavy atom. The maximum absolute atomic E-state index is 5.40. The molecule has 0 aliphatic carbocycles. The molecule has 0 saturated heterocycles. The van der Waals surface area contributed by atoms with Crippen molar-refractivity contribution in [3.63, 3.8) is 0 Å². The molecular weight excluding hydrogens is 1360 g/mol. The number of halogens is 1. The summed E-state index contributed by atoms with van der Waals surface area (Å²) in [6, 6.07) is 139. The largest absolute Gasteiger partial charge is 0.355 e. The molecule has 22 aromatic rings. The SMILES string of the molecule is Brc1ccc(-c2c3ccc4ccccc4c3nc3c2ccc2ccccc23)cc1.c1ccc(-c2ccc3[nH]c4ccc(-c5ccccc5)cc4c3c2)cc1.c1ccc(-c2ccc3c(c2)c2cc(-c4ccccc4)ccc2n3-c2ccc(-c3c4ccc5ccccc5c4nc4c3ccc3ccccc34)cc2)cc1. The Morgan fingerprint density at radius 3 is 0.822 bits per heavy atom. The van der Waals surface area contributed by atoms with E-state index in [0.717, 1.165) is 43.0 Å². The van der Waals surface area contributed by atoms with Crippen LogP contribution in [0.15, 0.2) is 393 Å². The highest BCUT2D eigenvalue weighted by Gasteiger charge is 2.21. The van der Waals surface area contributed by atoms with Crippen LogP contribution >= 0.6 is 15.9 Å². The number of H-pyrrole nitrogens is 1. The van der Waals surface area contributed by atoms with Crippen LogP contribution in [0, 0.1) is 0 Å². The fourth-order valence-corrected chi connectivity index (χ4v) is 16.5. The molecule has 500 valence electrons. The number of aromatic amines is 1. The molecule has 0 spiro atoms. The molecule has 0 fully saturated rings. The van der Waals surface area contributed by atoms with Crippen molar-refractivity contribution in [1.82, 2.24) is 19.5 Å². The van der Waals surface area contributed by atoms with Gasteiger partial charge in [-0.25, -0.2) is 9.97 Å². The molecular formula is C102H65BrN4. The molecule has 0 saturated carbocycles. The van der Waals surface area contributed by atoms with E-state index in [4.69, 9.17) is 9.97 Å². The molecule has 0 radical (unpaired) electrons. The fraction of sp³-hybridized carbons (Fsp3) is 0. The van der Waals surface area contributed by atoms with Gasteiger partial charge in [-0.05, 0) is 150 Å². The van der Waals surface area contributed by atoms with Crippen molar-refractivity contribution in [2.24, 2.45) is 0 Å². The first-order valence-electron chi connectivity index (χ1n) is 36.4. The Morgan fingerprint density at radius 1 is 0.206 bits per heavy atom. The Labute approximate surface area is 626 Å². The van der Waals surface area contributed by atoms with Gasteiger partial charge in [0.05, 0.1) is 33.1 Å². The molecule has 1 N–H and O–H groups in total. The Balaban J connectivity index is 0.000000117. The summed E-state index contributed by atoms with van der Waals surface area (Å²) in [6.07, 6.45) is 0. The summed E-state index contributed by atoms with van der Waals surface area (Å²) in [7, 11) is 0. The van der Waals surface area contributed by atoms with Gasteiger partial charge in [-0.15, -0.1) is 0 Å². The van der Waals surface area contributed by atoms with E-state index >= 15 is 0 Å². The van der Waals surface area contributed by atoms with Crippen LogP contribution in [0.5, 0.6) is 0 Å². The van der Waals surface area contributed by atoms with Crippen molar-refractivity contribution in [3.05, 3.63) is 393 Å². The number of nitrogens with one attached hydrogen (secondary N) is 1. The van der Waals surface area contributed by atoms with Crippen molar-refractivity contribution in [3.8, 4) is 72.4 Å².